The van der Waals surface area contributed by atoms with Crippen LogP contribution in [0.25, 0.3) is 0 Å². The van der Waals surface area contributed by atoms with Gasteiger partial charge in [-0.2, -0.15) is 8.78 Å². The second-order valence-corrected chi connectivity index (χ2v) is 5.92. The van der Waals surface area contributed by atoms with Gasteiger partial charge in [0.25, 0.3) is 11.7 Å². The van der Waals surface area contributed by atoms with E-state index in [4.69, 9.17) is 23.2 Å². The van der Waals surface area contributed by atoms with Crippen molar-refractivity contribution in [2.75, 3.05) is 5.32 Å². The molecule has 0 aliphatic rings. The normalized spacial score (nSPS) is 10.8. The number of rotatable bonds is 4. The topological polar surface area (TPSA) is 29.1 Å². The quantitative estimate of drug-likeness (QED) is 0.556. The van der Waals surface area contributed by atoms with Gasteiger partial charge in [-0.25, -0.2) is 4.39 Å². The lowest BCUT2D eigenvalue weighted by atomic mass is 10.2. The van der Waals surface area contributed by atoms with Gasteiger partial charge in [0.05, 0.1) is 21.3 Å². The molecule has 0 spiro atoms. The van der Waals surface area contributed by atoms with Gasteiger partial charge in [0.1, 0.15) is 5.82 Å². The molecule has 0 aliphatic heterocycles. The van der Waals surface area contributed by atoms with Crippen LogP contribution in [0.1, 0.15) is 10.4 Å². The molecule has 1 N–H and O–H groups in total. The van der Waals surface area contributed by atoms with E-state index in [0.29, 0.717) is 11.8 Å². The van der Waals surface area contributed by atoms with E-state index in [9.17, 15) is 18.0 Å². The molecule has 0 unspecified atom stereocenters. The maximum Gasteiger partial charge on any atom is 0.288 e. The molecule has 1 amide bonds. The summed E-state index contributed by atoms with van der Waals surface area (Å²) in [6.07, 6.45) is 0. The largest absolute Gasteiger partial charge is 0.321 e. The fourth-order valence-electron chi connectivity index (χ4n) is 1.65. The molecule has 2 rings (SSSR count). The average molecular weight is 366 g/mol. The van der Waals surface area contributed by atoms with Crippen molar-refractivity contribution >= 4 is 46.6 Å². The number of nitrogens with one attached hydrogen (secondary N) is 1. The number of anilines is 1. The van der Waals surface area contributed by atoms with Gasteiger partial charge in [-0.1, -0.05) is 47.1 Å². The third kappa shape index (κ3) is 4.09. The van der Waals surface area contributed by atoms with Crippen molar-refractivity contribution in [2.24, 2.45) is 0 Å². The summed E-state index contributed by atoms with van der Waals surface area (Å²) in [5.74, 6) is -4.15. The predicted molar refractivity (Wildman–Crippen MR) is 82.7 cm³/mol. The van der Waals surface area contributed by atoms with Crippen molar-refractivity contribution in [3.8, 4) is 0 Å². The van der Waals surface area contributed by atoms with Crippen molar-refractivity contribution in [3.63, 3.8) is 0 Å². The molecular formula is C14H8Cl2F3NOS. The molecule has 0 heterocycles. The fraction of sp³-hybridized carbons (Fsp3) is 0.0714. The van der Waals surface area contributed by atoms with Crippen molar-refractivity contribution in [2.45, 2.75) is 10.7 Å². The molecule has 0 fully saturated rings. The molecule has 8 heteroatoms. The molecule has 2 aromatic carbocycles. The van der Waals surface area contributed by atoms with E-state index in [1.807, 2.05) is 0 Å². The monoisotopic (exact) mass is 365 g/mol. The molecule has 0 bridgehead atoms. The highest BCUT2D eigenvalue weighted by molar-refractivity contribution is 7.99. The number of thioether (sulfide) groups is 1. The second kappa shape index (κ2) is 7.26. The van der Waals surface area contributed by atoms with Crippen molar-refractivity contribution in [1.82, 2.24) is 0 Å². The Morgan fingerprint density at radius 3 is 2.50 bits per heavy atom. The van der Waals surface area contributed by atoms with Crippen LogP contribution in [0.4, 0.5) is 18.9 Å². The number of para-hydroxylation sites is 1. The molecule has 22 heavy (non-hydrogen) atoms. The first-order valence-electron chi connectivity index (χ1n) is 5.88. The SMILES string of the molecule is O=C(Nc1ccccc1SC(F)F)c1cc(F)c(Cl)cc1Cl. The van der Waals surface area contributed by atoms with E-state index >= 15 is 0 Å². The number of carbonyl (C=O) groups excluding carboxylic acids is 1. The van der Waals surface area contributed by atoms with Crippen LogP contribution in [0.2, 0.25) is 10.0 Å². The minimum absolute atomic E-state index is 0.0390. The minimum Gasteiger partial charge on any atom is -0.321 e. The summed E-state index contributed by atoms with van der Waals surface area (Å²) in [5, 5.41) is 2.18. The van der Waals surface area contributed by atoms with Gasteiger partial charge in [-0.3, -0.25) is 4.79 Å². The Kier molecular flexibility index (Phi) is 5.61. The van der Waals surface area contributed by atoms with Gasteiger partial charge in [0, 0.05) is 4.90 Å². The maximum absolute atomic E-state index is 13.4. The van der Waals surface area contributed by atoms with Crippen molar-refractivity contribution in [3.05, 3.63) is 57.8 Å². The summed E-state index contributed by atoms with van der Waals surface area (Å²) in [4.78, 5) is 12.3. The third-order valence-electron chi connectivity index (χ3n) is 2.61. The molecule has 0 radical (unpaired) electrons. The number of carbonyl (C=O) groups is 1. The van der Waals surface area contributed by atoms with Crippen LogP contribution in [-0.2, 0) is 0 Å². The van der Waals surface area contributed by atoms with Gasteiger partial charge >= 0.3 is 0 Å². The Hall–Kier alpha value is -1.37. The van der Waals surface area contributed by atoms with Gasteiger partial charge in [-0.15, -0.1) is 0 Å². The van der Waals surface area contributed by atoms with Gasteiger partial charge in [0.2, 0.25) is 0 Å². The smallest absolute Gasteiger partial charge is 0.288 e. The summed E-state index contributed by atoms with van der Waals surface area (Å²) >= 11 is 11.7. The zero-order chi connectivity index (χ0) is 16.3. The molecule has 116 valence electrons. The van der Waals surface area contributed by atoms with E-state index in [-0.39, 0.29) is 26.2 Å². The van der Waals surface area contributed by atoms with Crippen LogP contribution in [0.5, 0.6) is 0 Å². The first-order chi connectivity index (χ1) is 10.4. The van der Waals surface area contributed by atoms with Gasteiger partial charge < -0.3 is 5.32 Å². The first-order valence-corrected chi connectivity index (χ1v) is 7.51. The van der Waals surface area contributed by atoms with E-state index in [2.05, 4.69) is 5.32 Å². The lowest BCUT2D eigenvalue weighted by molar-refractivity contribution is 0.102. The average Bonchev–Trinajstić information content (AvgIpc) is 2.44. The standard InChI is InChI=1S/C14H8Cl2F3NOS/c15-8-6-9(16)10(17)5-7(8)13(21)20-11-3-1-2-4-12(11)22-14(18)19/h1-6,14H,(H,20,21). The first kappa shape index (κ1) is 17.0. The van der Waals surface area contributed by atoms with E-state index in [1.165, 1.54) is 12.1 Å². The molecule has 0 aliphatic carbocycles. The molecule has 2 nitrogen and oxygen atoms in total. The van der Waals surface area contributed by atoms with Crippen molar-refractivity contribution in [1.29, 1.82) is 0 Å². The van der Waals surface area contributed by atoms with Crippen molar-refractivity contribution < 1.29 is 18.0 Å². The maximum atomic E-state index is 13.4. The number of hydrogen-bond acceptors (Lipinski definition) is 2. The Balaban J connectivity index is 2.28. The zero-order valence-corrected chi connectivity index (χ0v) is 13.1. The molecule has 0 aromatic heterocycles. The molecule has 0 atom stereocenters. The van der Waals surface area contributed by atoms with Crippen LogP contribution in [0, 0.1) is 5.82 Å². The Bertz CT molecular complexity index is 712. The van der Waals surface area contributed by atoms with Crippen LogP contribution in [-0.4, -0.2) is 11.7 Å². The van der Waals surface area contributed by atoms with Crippen LogP contribution >= 0.6 is 35.0 Å². The summed E-state index contributed by atoms with van der Waals surface area (Å²) in [7, 11) is 0. The summed E-state index contributed by atoms with van der Waals surface area (Å²) < 4.78 is 38.4. The van der Waals surface area contributed by atoms with E-state index < -0.39 is 17.5 Å². The van der Waals surface area contributed by atoms with Gasteiger partial charge in [0.15, 0.2) is 0 Å². The van der Waals surface area contributed by atoms with Crippen LogP contribution < -0.4 is 5.32 Å². The molecule has 0 saturated carbocycles. The Morgan fingerprint density at radius 2 is 1.82 bits per heavy atom. The lowest BCUT2D eigenvalue weighted by Gasteiger charge is -2.11. The lowest BCUT2D eigenvalue weighted by Crippen LogP contribution is -2.13. The molecule has 2 aromatic rings. The van der Waals surface area contributed by atoms with Crippen LogP contribution in [0.15, 0.2) is 41.3 Å². The highest BCUT2D eigenvalue weighted by Crippen LogP contribution is 2.32. The van der Waals surface area contributed by atoms with E-state index in [0.717, 1.165) is 12.1 Å². The number of amides is 1. The van der Waals surface area contributed by atoms with Gasteiger partial charge in [-0.05, 0) is 24.3 Å². The molecular weight excluding hydrogens is 358 g/mol. The Morgan fingerprint density at radius 1 is 1.14 bits per heavy atom. The summed E-state index contributed by atoms with van der Waals surface area (Å²) in [6.45, 7) is 0. The highest BCUT2D eigenvalue weighted by atomic mass is 35.5. The second-order valence-electron chi connectivity index (χ2n) is 4.07. The number of alkyl halides is 2. The molecule has 0 saturated heterocycles. The number of hydrogen-bond donors (Lipinski definition) is 1. The van der Waals surface area contributed by atoms with E-state index in [1.54, 1.807) is 12.1 Å². The number of benzene rings is 2. The van der Waals surface area contributed by atoms with Crippen LogP contribution in [0.3, 0.4) is 0 Å². The third-order valence-corrected chi connectivity index (χ3v) is 4.00. The minimum atomic E-state index is -2.63. The summed E-state index contributed by atoms with van der Waals surface area (Å²) in [5.41, 5.74) is 0.0460. The highest BCUT2D eigenvalue weighted by Gasteiger charge is 2.17. The predicted octanol–water partition coefficient (Wildman–Crippen LogP) is 5.70. The number of halogens is 5. The summed E-state index contributed by atoms with van der Waals surface area (Å²) in [6, 6.07) is 8.04. The fourth-order valence-corrected chi connectivity index (χ4v) is 2.72. The Labute approximate surface area is 138 Å². The zero-order valence-electron chi connectivity index (χ0n) is 10.7.